The van der Waals surface area contributed by atoms with E-state index in [9.17, 15) is 5.11 Å². The maximum Gasteiger partial charge on any atom is 0.0808 e. The van der Waals surface area contributed by atoms with Crippen molar-refractivity contribution in [2.75, 3.05) is 20.1 Å². The second kappa shape index (κ2) is 3.37. The number of piperidine rings is 1. The SMILES string of the molecule is C=CCC1(O)CCCN(C)C1. The molecule has 1 rings (SSSR count). The van der Waals surface area contributed by atoms with Crippen LogP contribution in [0.3, 0.4) is 0 Å². The lowest BCUT2D eigenvalue weighted by atomic mass is 9.90. The van der Waals surface area contributed by atoms with E-state index in [-0.39, 0.29) is 0 Å². The first kappa shape index (κ1) is 8.75. The molecular formula is C9H17NO. The van der Waals surface area contributed by atoms with E-state index in [0.717, 1.165) is 32.4 Å². The minimum absolute atomic E-state index is 0.491. The van der Waals surface area contributed by atoms with E-state index in [1.165, 1.54) is 0 Å². The van der Waals surface area contributed by atoms with Crippen molar-refractivity contribution in [1.29, 1.82) is 0 Å². The van der Waals surface area contributed by atoms with Crippen molar-refractivity contribution in [3.63, 3.8) is 0 Å². The lowest BCUT2D eigenvalue weighted by molar-refractivity contribution is -0.0202. The van der Waals surface area contributed by atoms with Crippen LogP contribution in [0.2, 0.25) is 0 Å². The van der Waals surface area contributed by atoms with Crippen LogP contribution >= 0.6 is 0 Å². The van der Waals surface area contributed by atoms with E-state index in [2.05, 4.69) is 11.5 Å². The van der Waals surface area contributed by atoms with E-state index in [0.29, 0.717) is 0 Å². The monoisotopic (exact) mass is 155 g/mol. The van der Waals surface area contributed by atoms with Crippen LogP contribution in [0.15, 0.2) is 12.7 Å². The largest absolute Gasteiger partial charge is 0.388 e. The average molecular weight is 155 g/mol. The number of aliphatic hydroxyl groups is 1. The van der Waals surface area contributed by atoms with Crippen LogP contribution in [-0.2, 0) is 0 Å². The fourth-order valence-electron chi connectivity index (χ4n) is 1.77. The van der Waals surface area contributed by atoms with Gasteiger partial charge in [-0.2, -0.15) is 0 Å². The van der Waals surface area contributed by atoms with Crippen molar-refractivity contribution in [1.82, 2.24) is 4.90 Å². The molecule has 0 aromatic heterocycles. The van der Waals surface area contributed by atoms with Gasteiger partial charge in [0, 0.05) is 6.54 Å². The van der Waals surface area contributed by atoms with Crippen LogP contribution in [0.5, 0.6) is 0 Å². The van der Waals surface area contributed by atoms with E-state index in [1.54, 1.807) is 6.08 Å². The average Bonchev–Trinajstić information content (AvgIpc) is 1.86. The second-order valence-electron chi connectivity index (χ2n) is 3.56. The molecule has 0 spiro atoms. The molecule has 2 heteroatoms. The van der Waals surface area contributed by atoms with Gasteiger partial charge in [0.2, 0.25) is 0 Å². The molecule has 11 heavy (non-hydrogen) atoms. The Labute approximate surface area is 68.5 Å². The quantitative estimate of drug-likeness (QED) is 0.602. The topological polar surface area (TPSA) is 23.5 Å². The molecule has 0 aromatic rings. The smallest absolute Gasteiger partial charge is 0.0808 e. The van der Waals surface area contributed by atoms with E-state index in [4.69, 9.17) is 0 Å². The minimum atomic E-state index is -0.491. The zero-order valence-electron chi connectivity index (χ0n) is 7.21. The summed E-state index contributed by atoms with van der Waals surface area (Å²) in [5.41, 5.74) is -0.491. The van der Waals surface area contributed by atoms with Crippen LogP contribution in [-0.4, -0.2) is 35.7 Å². The van der Waals surface area contributed by atoms with Crippen LogP contribution in [0.1, 0.15) is 19.3 Å². The van der Waals surface area contributed by atoms with Gasteiger partial charge in [-0.25, -0.2) is 0 Å². The number of β-amino-alcohol motifs (C(OH)–C–C–N with tert-alkyl or cyclic N) is 1. The summed E-state index contributed by atoms with van der Waals surface area (Å²) in [6.07, 6.45) is 4.54. The molecule has 64 valence electrons. The molecule has 0 radical (unpaired) electrons. The summed E-state index contributed by atoms with van der Waals surface area (Å²) in [4.78, 5) is 2.17. The summed E-state index contributed by atoms with van der Waals surface area (Å²) in [5.74, 6) is 0. The molecule has 1 fully saturated rings. The summed E-state index contributed by atoms with van der Waals surface area (Å²) < 4.78 is 0. The molecule has 1 heterocycles. The number of likely N-dealkylation sites (tertiary alicyclic amines) is 1. The van der Waals surface area contributed by atoms with Crippen LogP contribution < -0.4 is 0 Å². The first-order chi connectivity index (χ1) is 5.16. The maximum atomic E-state index is 9.93. The Hall–Kier alpha value is -0.340. The maximum absolute atomic E-state index is 9.93. The number of hydrogen-bond acceptors (Lipinski definition) is 2. The lowest BCUT2D eigenvalue weighted by Gasteiger charge is -2.36. The summed E-state index contributed by atoms with van der Waals surface area (Å²) in [6, 6.07) is 0. The first-order valence-electron chi connectivity index (χ1n) is 4.18. The van der Waals surface area contributed by atoms with Crippen molar-refractivity contribution in [2.45, 2.75) is 24.9 Å². The van der Waals surface area contributed by atoms with Crippen LogP contribution in [0, 0.1) is 0 Å². The molecule has 1 N–H and O–H groups in total. The predicted molar refractivity (Wildman–Crippen MR) is 46.5 cm³/mol. The summed E-state index contributed by atoms with van der Waals surface area (Å²) in [5, 5.41) is 9.93. The van der Waals surface area contributed by atoms with Gasteiger partial charge in [0.15, 0.2) is 0 Å². The predicted octanol–water partition coefficient (Wildman–Crippen LogP) is 1.02. The summed E-state index contributed by atoms with van der Waals surface area (Å²) >= 11 is 0. The van der Waals surface area contributed by atoms with Gasteiger partial charge in [-0.05, 0) is 32.9 Å². The summed E-state index contributed by atoms with van der Waals surface area (Å²) in [6.45, 7) is 5.55. The van der Waals surface area contributed by atoms with E-state index in [1.807, 2.05) is 7.05 Å². The molecule has 1 saturated heterocycles. The third-order valence-electron chi connectivity index (χ3n) is 2.27. The molecule has 0 aromatic carbocycles. The Kier molecular flexibility index (Phi) is 2.68. The standard InChI is InChI=1S/C9H17NO/c1-3-5-9(11)6-4-7-10(2)8-9/h3,11H,1,4-8H2,2H3. The van der Waals surface area contributed by atoms with Crippen molar-refractivity contribution in [3.8, 4) is 0 Å². The molecular weight excluding hydrogens is 138 g/mol. The Morgan fingerprint density at radius 2 is 2.45 bits per heavy atom. The third-order valence-corrected chi connectivity index (χ3v) is 2.27. The third kappa shape index (κ3) is 2.31. The Balaban J connectivity index is 2.47. The van der Waals surface area contributed by atoms with Gasteiger partial charge in [0.1, 0.15) is 0 Å². The number of hydrogen-bond donors (Lipinski definition) is 1. The highest BCUT2D eigenvalue weighted by atomic mass is 16.3. The van der Waals surface area contributed by atoms with Gasteiger partial charge in [0.25, 0.3) is 0 Å². The highest BCUT2D eigenvalue weighted by Crippen LogP contribution is 2.23. The Morgan fingerprint density at radius 1 is 1.73 bits per heavy atom. The highest BCUT2D eigenvalue weighted by Gasteiger charge is 2.29. The Bertz CT molecular complexity index is 146. The molecule has 0 amide bonds. The van der Waals surface area contributed by atoms with Gasteiger partial charge >= 0.3 is 0 Å². The normalized spacial score (nSPS) is 33.6. The molecule has 0 aliphatic carbocycles. The highest BCUT2D eigenvalue weighted by molar-refractivity contribution is 4.91. The lowest BCUT2D eigenvalue weighted by Crippen LogP contribution is -2.45. The molecule has 2 nitrogen and oxygen atoms in total. The van der Waals surface area contributed by atoms with Gasteiger partial charge < -0.3 is 10.0 Å². The van der Waals surface area contributed by atoms with Crippen LogP contribution in [0.4, 0.5) is 0 Å². The zero-order valence-corrected chi connectivity index (χ0v) is 7.21. The van der Waals surface area contributed by atoms with Crippen molar-refractivity contribution in [3.05, 3.63) is 12.7 Å². The van der Waals surface area contributed by atoms with E-state index >= 15 is 0 Å². The number of likely N-dealkylation sites (N-methyl/N-ethyl adjacent to an activating group) is 1. The van der Waals surface area contributed by atoms with Crippen molar-refractivity contribution < 1.29 is 5.11 Å². The minimum Gasteiger partial charge on any atom is -0.388 e. The van der Waals surface area contributed by atoms with Gasteiger partial charge in [0.05, 0.1) is 5.60 Å². The van der Waals surface area contributed by atoms with Crippen LogP contribution in [0.25, 0.3) is 0 Å². The van der Waals surface area contributed by atoms with E-state index < -0.39 is 5.60 Å². The van der Waals surface area contributed by atoms with Crippen molar-refractivity contribution in [2.24, 2.45) is 0 Å². The molecule has 0 saturated carbocycles. The van der Waals surface area contributed by atoms with Gasteiger partial charge in [-0.3, -0.25) is 0 Å². The first-order valence-corrected chi connectivity index (χ1v) is 4.18. The molecule has 1 atom stereocenters. The Morgan fingerprint density at radius 3 is 3.00 bits per heavy atom. The van der Waals surface area contributed by atoms with Gasteiger partial charge in [-0.1, -0.05) is 6.08 Å². The number of rotatable bonds is 2. The molecule has 1 aliphatic rings. The molecule has 1 unspecified atom stereocenters. The second-order valence-corrected chi connectivity index (χ2v) is 3.56. The fourth-order valence-corrected chi connectivity index (χ4v) is 1.77. The zero-order chi connectivity index (χ0) is 8.32. The van der Waals surface area contributed by atoms with Crippen molar-refractivity contribution >= 4 is 0 Å². The van der Waals surface area contributed by atoms with Gasteiger partial charge in [-0.15, -0.1) is 6.58 Å². The fraction of sp³-hybridized carbons (Fsp3) is 0.778. The number of nitrogens with zero attached hydrogens (tertiary/aromatic N) is 1. The summed E-state index contributed by atoms with van der Waals surface area (Å²) in [7, 11) is 2.05. The molecule has 0 bridgehead atoms. The molecule has 1 aliphatic heterocycles.